The summed E-state index contributed by atoms with van der Waals surface area (Å²) in [6.07, 6.45) is 3.31. The Labute approximate surface area is 183 Å². The van der Waals surface area contributed by atoms with Gasteiger partial charge in [-0.1, -0.05) is 20.3 Å². The number of anilines is 1. The lowest BCUT2D eigenvalue weighted by molar-refractivity contribution is -0.116. The van der Waals surface area contributed by atoms with Crippen LogP contribution < -0.4 is 20.7 Å². The lowest BCUT2D eigenvalue weighted by Crippen LogP contribution is -2.34. The molecule has 7 nitrogen and oxygen atoms in total. The van der Waals surface area contributed by atoms with Crippen molar-refractivity contribution in [3.05, 3.63) is 59.7 Å². The van der Waals surface area contributed by atoms with E-state index >= 15 is 0 Å². The predicted octanol–water partition coefficient (Wildman–Crippen LogP) is 3.76. The third-order valence-corrected chi connectivity index (χ3v) is 4.49. The number of rotatable bonds is 12. The number of carbonyl (C=O) groups excluding carboxylic acids is 3. The van der Waals surface area contributed by atoms with Crippen molar-refractivity contribution in [2.24, 2.45) is 0 Å². The van der Waals surface area contributed by atoms with E-state index in [2.05, 4.69) is 22.9 Å². The first-order chi connectivity index (χ1) is 15.0. The SMILES string of the molecule is CCCCOc1ccc(C(=O)NCCNC(=O)c2ccc(NC(=O)CCC)cc2)cc1. The summed E-state index contributed by atoms with van der Waals surface area (Å²) in [4.78, 5) is 36.0. The Bertz CT molecular complexity index is 848. The lowest BCUT2D eigenvalue weighted by atomic mass is 10.2. The maximum Gasteiger partial charge on any atom is 0.251 e. The fraction of sp³-hybridized carbons (Fsp3) is 0.375. The number of hydrogen-bond acceptors (Lipinski definition) is 4. The largest absolute Gasteiger partial charge is 0.494 e. The van der Waals surface area contributed by atoms with Crippen LogP contribution in [0.2, 0.25) is 0 Å². The molecule has 2 rings (SSSR count). The summed E-state index contributed by atoms with van der Waals surface area (Å²) in [5.74, 6) is 0.248. The molecule has 0 heterocycles. The standard InChI is InChI=1S/C24H31N3O4/c1-3-5-17-31-21-13-9-19(10-14-21)24(30)26-16-15-25-23(29)18-7-11-20(12-8-18)27-22(28)6-4-2/h7-14H,3-6,15-17H2,1-2H3,(H,25,29)(H,26,30)(H,27,28). The number of hydrogen-bond donors (Lipinski definition) is 3. The number of ether oxygens (including phenoxy) is 1. The van der Waals surface area contributed by atoms with Gasteiger partial charge in [0.25, 0.3) is 11.8 Å². The van der Waals surface area contributed by atoms with Crippen LogP contribution in [0.3, 0.4) is 0 Å². The van der Waals surface area contributed by atoms with Crippen molar-refractivity contribution >= 4 is 23.4 Å². The van der Waals surface area contributed by atoms with Gasteiger partial charge >= 0.3 is 0 Å². The first-order valence-electron chi connectivity index (χ1n) is 10.7. The maximum atomic E-state index is 12.2. The van der Waals surface area contributed by atoms with Gasteiger partial charge in [-0.15, -0.1) is 0 Å². The van der Waals surface area contributed by atoms with Gasteiger partial charge in [0.05, 0.1) is 6.61 Å². The summed E-state index contributed by atoms with van der Waals surface area (Å²) in [6.45, 7) is 5.32. The molecule has 3 amide bonds. The van der Waals surface area contributed by atoms with Crippen molar-refractivity contribution in [2.75, 3.05) is 25.0 Å². The van der Waals surface area contributed by atoms with Crippen LogP contribution in [0.4, 0.5) is 5.69 Å². The van der Waals surface area contributed by atoms with Crippen LogP contribution in [-0.4, -0.2) is 37.4 Å². The maximum absolute atomic E-state index is 12.2. The van der Waals surface area contributed by atoms with Crippen LogP contribution in [0, 0.1) is 0 Å². The minimum Gasteiger partial charge on any atom is -0.494 e. The van der Waals surface area contributed by atoms with Crippen molar-refractivity contribution in [3.8, 4) is 5.75 Å². The Morgan fingerprint density at radius 1 is 0.774 bits per heavy atom. The highest BCUT2D eigenvalue weighted by Crippen LogP contribution is 2.13. The molecule has 0 radical (unpaired) electrons. The van der Waals surface area contributed by atoms with Gasteiger partial charge in [-0.2, -0.15) is 0 Å². The summed E-state index contributed by atoms with van der Waals surface area (Å²) < 4.78 is 5.59. The summed E-state index contributed by atoms with van der Waals surface area (Å²) in [7, 11) is 0. The average Bonchev–Trinajstić information content (AvgIpc) is 2.77. The number of benzene rings is 2. The number of amides is 3. The van der Waals surface area contributed by atoms with Crippen molar-refractivity contribution in [2.45, 2.75) is 39.5 Å². The molecule has 3 N–H and O–H groups in total. The summed E-state index contributed by atoms with van der Waals surface area (Å²) in [5.41, 5.74) is 1.68. The molecule has 0 saturated heterocycles. The van der Waals surface area contributed by atoms with E-state index in [9.17, 15) is 14.4 Å². The Morgan fingerprint density at radius 2 is 1.32 bits per heavy atom. The molecular formula is C24H31N3O4. The van der Waals surface area contributed by atoms with Gasteiger partial charge in [0.2, 0.25) is 5.91 Å². The van der Waals surface area contributed by atoms with E-state index < -0.39 is 0 Å². The Kier molecular flexibility index (Phi) is 10.1. The van der Waals surface area contributed by atoms with Gasteiger partial charge in [0.15, 0.2) is 0 Å². The van der Waals surface area contributed by atoms with Crippen molar-refractivity contribution < 1.29 is 19.1 Å². The molecule has 0 unspecified atom stereocenters. The zero-order valence-electron chi connectivity index (χ0n) is 18.2. The van der Waals surface area contributed by atoms with Gasteiger partial charge in [0, 0.05) is 36.3 Å². The minimum atomic E-state index is -0.241. The zero-order valence-corrected chi connectivity index (χ0v) is 18.2. The molecule has 0 aliphatic rings. The Morgan fingerprint density at radius 3 is 1.84 bits per heavy atom. The molecule has 0 saturated carbocycles. The Hall–Kier alpha value is -3.35. The van der Waals surface area contributed by atoms with E-state index in [1.807, 2.05) is 6.92 Å². The quantitative estimate of drug-likeness (QED) is 0.451. The van der Waals surface area contributed by atoms with Gasteiger partial charge < -0.3 is 20.7 Å². The lowest BCUT2D eigenvalue weighted by Gasteiger charge is -2.09. The van der Waals surface area contributed by atoms with Gasteiger partial charge in [-0.05, 0) is 61.4 Å². The molecular weight excluding hydrogens is 394 g/mol. The summed E-state index contributed by atoms with van der Waals surface area (Å²) >= 11 is 0. The van der Waals surface area contributed by atoms with Crippen LogP contribution >= 0.6 is 0 Å². The summed E-state index contributed by atoms with van der Waals surface area (Å²) in [6, 6.07) is 13.7. The molecule has 7 heteroatoms. The van der Waals surface area contributed by atoms with Crippen LogP contribution in [0.5, 0.6) is 5.75 Å². The average molecular weight is 426 g/mol. The third-order valence-electron chi connectivity index (χ3n) is 4.49. The molecule has 2 aromatic carbocycles. The fourth-order valence-corrected chi connectivity index (χ4v) is 2.75. The monoisotopic (exact) mass is 425 g/mol. The number of carbonyl (C=O) groups is 3. The van der Waals surface area contributed by atoms with E-state index in [1.54, 1.807) is 48.5 Å². The second-order valence-electron chi connectivity index (χ2n) is 7.11. The number of nitrogens with one attached hydrogen (secondary N) is 3. The molecule has 0 atom stereocenters. The highest BCUT2D eigenvalue weighted by Gasteiger charge is 2.08. The molecule has 0 aromatic heterocycles. The molecule has 0 fully saturated rings. The van der Waals surface area contributed by atoms with Gasteiger partial charge in [0.1, 0.15) is 5.75 Å². The van der Waals surface area contributed by atoms with Crippen molar-refractivity contribution in [1.82, 2.24) is 10.6 Å². The van der Waals surface area contributed by atoms with E-state index in [1.165, 1.54) is 0 Å². The predicted molar refractivity (Wildman–Crippen MR) is 121 cm³/mol. The molecule has 0 aliphatic heterocycles. The second-order valence-corrected chi connectivity index (χ2v) is 7.11. The van der Waals surface area contributed by atoms with Crippen LogP contribution in [0.25, 0.3) is 0 Å². The van der Waals surface area contributed by atoms with Crippen molar-refractivity contribution in [3.63, 3.8) is 0 Å². The first kappa shape index (κ1) is 23.9. The molecule has 0 bridgehead atoms. The normalized spacial score (nSPS) is 10.3. The van der Waals surface area contributed by atoms with Gasteiger partial charge in [-0.25, -0.2) is 0 Å². The van der Waals surface area contributed by atoms with E-state index in [0.717, 1.165) is 25.0 Å². The van der Waals surface area contributed by atoms with Gasteiger partial charge in [-0.3, -0.25) is 14.4 Å². The molecule has 0 spiro atoms. The number of unbranched alkanes of at least 4 members (excludes halogenated alkanes) is 1. The molecule has 2 aromatic rings. The summed E-state index contributed by atoms with van der Waals surface area (Å²) in [5, 5.41) is 8.32. The van der Waals surface area contributed by atoms with Crippen LogP contribution in [-0.2, 0) is 4.79 Å². The van der Waals surface area contributed by atoms with E-state index in [4.69, 9.17) is 4.74 Å². The van der Waals surface area contributed by atoms with E-state index in [-0.39, 0.29) is 17.7 Å². The smallest absolute Gasteiger partial charge is 0.251 e. The van der Waals surface area contributed by atoms with Crippen molar-refractivity contribution in [1.29, 1.82) is 0 Å². The van der Waals surface area contributed by atoms with Crippen LogP contribution in [0.1, 0.15) is 60.2 Å². The fourth-order valence-electron chi connectivity index (χ4n) is 2.75. The topological polar surface area (TPSA) is 96.5 Å². The molecule has 0 aliphatic carbocycles. The second kappa shape index (κ2) is 13.1. The highest BCUT2D eigenvalue weighted by molar-refractivity contribution is 5.96. The minimum absolute atomic E-state index is 0.0471. The van der Waals surface area contributed by atoms with E-state index in [0.29, 0.717) is 42.9 Å². The Balaban J connectivity index is 1.71. The molecule has 166 valence electrons. The molecule has 31 heavy (non-hydrogen) atoms. The van der Waals surface area contributed by atoms with Crippen LogP contribution in [0.15, 0.2) is 48.5 Å². The third kappa shape index (κ3) is 8.50. The zero-order chi connectivity index (χ0) is 22.5. The highest BCUT2D eigenvalue weighted by atomic mass is 16.5. The first-order valence-corrected chi connectivity index (χ1v) is 10.7.